The molecule has 7 nitrogen and oxygen atoms in total. The molecule has 2 aromatic rings. The van der Waals surface area contributed by atoms with Crippen molar-refractivity contribution in [2.24, 2.45) is 0 Å². The summed E-state index contributed by atoms with van der Waals surface area (Å²) in [5.74, 6) is 0. The van der Waals surface area contributed by atoms with Crippen LogP contribution in [-0.2, 0) is 0 Å². The first kappa shape index (κ1) is 12.2. The van der Waals surface area contributed by atoms with E-state index < -0.39 is 0 Å². The third-order valence-electron chi connectivity index (χ3n) is 2.25. The van der Waals surface area contributed by atoms with Crippen LogP contribution in [0.1, 0.15) is 0 Å². The van der Waals surface area contributed by atoms with Gasteiger partial charge in [-0.05, 0) is 36.5 Å². The molecule has 0 spiro atoms. The molecule has 1 aromatic carbocycles. The van der Waals surface area contributed by atoms with E-state index in [0.29, 0.717) is 10.5 Å². The van der Waals surface area contributed by atoms with Crippen LogP contribution in [0.25, 0.3) is 5.69 Å². The number of nitrogens with zero attached hydrogens (tertiary/aromatic N) is 4. The number of carbonyl (C=O) groups is 1. The van der Waals surface area contributed by atoms with Crippen molar-refractivity contribution in [1.29, 1.82) is 0 Å². The van der Waals surface area contributed by atoms with Gasteiger partial charge in [0.25, 0.3) is 0 Å². The van der Waals surface area contributed by atoms with Crippen molar-refractivity contribution in [1.82, 2.24) is 25.1 Å². The summed E-state index contributed by atoms with van der Waals surface area (Å²) in [5.41, 5.74) is 1.50. The van der Waals surface area contributed by atoms with E-state index >= 15 is 0 Å². The number of benzene rings is 1. The van der Waals surface area contributed by atoms with Crippen LogP contribution < -0.4 is 5.32 Å². The fourth-order valence-corrected chi connectivity index (χ4v) is 1.48. The van der Waals surface area contributed by atoms with Crippen LogP contribution in [0.5, 0.6) is 0 Å². The fourth-order valence-electron chi connectivity index (χ4n) is 1.29. The average molecular weight is 264 g/mol. The number of tetrazole rings is 1. The van der Waals surface area contributed by atoms with E-state index in [1.807, 2.05) is 0 Å². The Morgan fingerprint density at radius 3 is 2.56 bits per heavy atom. The van der Waals surface area contributed by atoms with Gasteiger partial charge >= 0.3 is 6.03 Å². The highest BCUT2D eigenvalue weighted by Crippen LogP contribution is 2.12. The number of amides is 2. The molecule has 18 heavy (non-hydrogen) atoms. The van der Waals surface area contributed by atoms with Gasteiger partial charge < -0.3 is 10.2 Å². The Labute approximate surface area is 108 Å². The molecule has 0 unspecified atom stereocenters. The SMILES string of the molecule is CN(C)C(=O)Nc1ccc(-n2[nH]nnc2=S)cc1. The molecule has 0 radical (unpaired) electrons. The maximum atomic E-state index is 11.4. The number of hydrogen-bond donors (Lipinski definition) is 2. The highest BCUT2D eigenvalue weighted by Gasteiger charge is 2.04. The minimum atomic E-state index is -0.178. The highest BCUT2D eigenvalue weighted by molar-refractivity contribution is 7.71. The number of carbonyl (C=O) groups excluding carboxylic acids is 1. The zero-order chi connectivity index (χ0) is 13.1. The van der Waals surface area contributed by atoms with Gasteiger partial charge in [-0.15, -0.1) is 0 Å². The minimum absolute atomic E-state index is 0.178. The first-order valence-electron chi connectivity index (χ1n) is 5.17. The van der Waals surface area contributed by atoms with Gasteiger partial charge in [0, 0.05) is 19.8 Å². The Morgan fingerprint density at radius 2 is 2.06 bits per heavy atom. The molecule has 0 aliphatic rings. The summed E-state index contributed by atoms with van der Waals surface area (Å²) in [6.07, 6.45) is 0. The molecule has 0 aliphatic heterocycles. The lowest BCUT2D eigenvalue weighted by Gasteiger charge is -2.12. The van der Waals surface area contributed by atoms with Crippen molar-refractivity contribution in [2.45, 2.75) is 0 Å². The summed E-state index contributed by atoms with van der Waals surface area (Å²) < 4.78 is 1.91. The van der Waals surface area contributed by atoms with Crippen LogP contribution in [0.3, 0.4) is 0 Å². The number of hydrogen-bond acceptors (Lipinski definition) is 4. The zero-order valence-electron chi connectivity index (χ0n) is 9.91. The molecule has 1 aromatic heterocycles. The van der Waals surface area contributed by atoms with Crippen LogP contribution >= 0.6 is 12.2 Å². The van der Waals surface area contributed by atoms with Gasteiger partial charge in [-0.3, -0.25) is 0 Å². The summed E-state index contributed by atoms with van der Waals surface area (Å²) in [5, 5.41) is 12.7. The number of nitrogens with one attached hydrogen (secondary N) is 2. The van der Waals surface area contributed by atoms with E-state index in [2.05, 4.69) is 20.8 Å². The molecule has 2 rings (SSSR count). The molecule has 0 fully saturated rings. The summed E-state index contributed by atoms with van der Waals surface area (Å²) in [7, 11) is 3.36. The van der Waals surface area contributed by atoms with Crippen molar-refractivity contribution in [3.8, 4) is 5.69 Å². The summed E-state index contributed by atoms with van der Waals surface area (Å²) in [4.78, 5) is 12.9. The van der Waals surface area contributed by atoms with E-state index in [4.69, 9.17) is 12.2 Å². The standard InChI is InChI=1S/C10H12N6OS/c1-15(2)9(17)11-7-3-5-8(6-4-7)16-10(18)12-13-14-16/h3-6H,1-2H3,(H,11,17)(H,12,14,18). The van der Waals surface area contributed by atoms with Crippen LogP contribution in [0.15, 0.2) is 24.3 Å². The van der Waals surface area contributed by atoms with E-state index in [0.717, 1.165) is 5.69 Å². The lowest BCUT2D eigenvalue weighted by molar-refractivity contribution is 0.230. The molecule has 8 heteroatoms. The molecule has 2 amide bonds. The first-order chi connectivity index (χ1) is 8.58. The summed E-state index contributed by atoms with van der Waals surface area (Å²) >= 11 is 4.99. The maximum absolute atomic E-state index is 11.4. The van der Waals surface area contributed by atoms with Gasteiger partial charge in [0.2, 0.25) is 4.77 Å². The van der Waals surface area contributed by atoms with Crippen molar-refractivity contribution < 1.29 is 4.79 Å². The van der Waals surface area contributed by atoms with Gasteiger partial charge in [-0.25, -0.2) is 9.48 Å². The molecule has 0 aliphatic carbocycles. The number of aromatic amines is 1. The predicted octanol–water partition coefficient (Wildman–Crippen LogP) is 1.42. The minimum Gasteiger partial charge on any atom is -0.331 e. The van der Waals surface area contributed by atoms with Crippen LogP contribution in [0.2, 0.25) is 0 Å². The summed E-state index contributed by atoms with van der Waals surface area (Å²) in [6.45, 7) is 0. The van der Waals surface area contributed by atoms with Gasteiger partial charge in [-0.1, -0.05) is 10.3 Å². The zero-order valence-corrected chi connectivity index (χ0v) is 10.7. The van der Waals surface area contributed by atoms with E-state index in [1.165, 1.54) is 4.90 Å². The van der Waals surface area contributed by atoms with Crippen LogP contribution in [0, 0.1) is 4.77 Å². The Kier molecular flexibility index (Phi) is 3.38. The monoisotopic (exact) mass is 264 g/mol. The molecular weight excluding hydrogens is 252 g/mol. The number of anilines is 1. The third-order valence-corrected chi connectivity index (χ3v) is 2.52. The molecule has 94 valence electrons. The number of rotatable bonds is 2. The Hall–Kier alpha value is -2.22. The molecular formula is C10H12N6OS. The Bertz CT molecular complexity index is 599. The number of urea groups is 1. The molecule has 0 saturated heterocycles. The van der Waals surface area contributed by atoms with Crippen molar-refractivity contribution in [3.63, 3.8) is 0 Å². The second kappa shape index (κ2) is 4.96. The molecule has 1 heterocycles. The first-order valence-corrected chi connectivity index (χ1v) is 5.57. The fraction of sp³-hybridized carbons (Fsp3) is 0.200. The molecule has 0 saturated carbocycles. The highest BCUT2D eigenvalue weighted by atomic mass is 32.1. The Balaban J connectivity index is 2.18. The largest absolute Gasteiger partial charge is 0.331 e. The third kappa shape index (κ3) is 2.54. The lowest BCUT2D eigenvalue weighted by atomic mass is 10.3. The second-order valence-corrected chi connectivity index (χ2v) is 4.15. The van der Waals surface area contributed by atoms with Crippen LogP contribution in [-0.4, -0.2) is 45.2 Å². The maximum Gasteiger partial charge on any atom is 0.321 e. The summed E-state index contributed by atoms with van der Waals surface area (Å²) in [6, 6.07) is 6.99. The average Bonchev–Trinajstić information content (AvgIpc) is 2.76. The molecule has 2 N–H and O–H groups in total. The second-order valence-electron chi connectivity index (χ2n) is 3.79. The topological polar surface area (TPSA) is 78.8 Å². The van der Waals surface area contributed by atoms with E-state index in [1.54, 1.807) is 43.0 Å². The number of H-pyrrole nitrogens is 1. The van der Waals surface area contributed by atoms with Crippen molar-refractivity contribution in [2.75, 3.05) is 19.4 Å². The van der Waals surface area contributed by atoms with E-state index in [9.17, 15) is 4.79 Å². The normalized spacial score (nSPS) is 10.1. The van der Waals surface area contributed by atoms with Crippen LogP contribution in [0.4, 0.5) is 10.5 Å². The van der Waals surface area contributed by atoms with E-state index in [-0.39, 0.29) is 6.03 Å². The molecule has 0 atom stereocenters. The van der Waals surface area contributed by atoms with Crippen molar-refractivity contribution in [3.05, 3.63) is 29.0 Å². The van der Waals surface area contributed by atoms with Gasteiger partial charge in [0.05, 0.1) is 5.69 Å². The molecule has 0 bridgehead atoms. The van der Waals surface area contributed by atoms with Gasteiger partial charge in [-0.2, -0.15) is 5.21 Å². The number of aromatic nitrogens is 4. The Morgan fingerprint density at radius 1 is 1.39 bits per heavy atom. The predicted molar refractivity (Wildman–Crippen MR) is 69.2 cm³/mol. The van der Waals surface area contributed by atoms with Gasteiger partial charge in [0.15, 0.2) is 0 Å². The smallest absolute Gasteiger partial charge is 0.321 e. The van der Waals surface area contributed by atoms with Gasteiger partial charge in [0.1, 0.15) is 0 Å². The quantitative estimate of drug-likeness (QED) is 0.804. The lowest BCUT2D eigenvalue weighted by Crippen LogP contribution is -2.27. The van der Waals surface area contributed by atoms with Crippen molar-refractivity contribution >= 4 is 23.9 Å².